The van der Waals surface area contributed by atoms with Crippen molar-refractivity contribution in [1.29, 1.82) is 0 Å². The van der Waals surface area contributed by atoms with Gasteiger partial charge in [-0.1, -0.05) is 23.7 Å². The van der Waals surface area contributed by atoms with E-state index in [1.165, 1.54) is 24.2 Å². The molecule has 0 radical (unpaired) electrons. The molecule has 30 heavy (non-hydrogen) atoms. The Labute approximate surface area is 183 Å². The highest BCUT2D eigenvalue weighted by Crippen LogP contribution is 2.43. The second-order valence-electron chi connectivity index (χ2n) is 8.86. The third-order valence-corrected chi connectivity index (χ3v) is 7.33. The third kappa shape index (κ3) is 3.53. The van der Waals surface area contributed by atoms with E-state index in [2.05, 4.69) is 57.7 Å². The van der Waals surface area contributed by atoms with Gasteiger partial charge in [0.05, 0.1) is 33.8 Å². The molecular weight excluding hydrogens is 394 g/mol. The lowest BCUT2D eigenvalue weighted by atomic mass is 9.93. The fourth-order valence-corrected chi connectivity index (χ4v) is 5.60. The number of hydrogen-bond acceptors (Lipinski definition) is 4. The van der Waals surface area contributed by atoms with Crippen molar-refractivity contribution in [2.45, 2.75) is 50.2 Å². The first-order valence-electron chi connectivity index (χ1n) is 11.1. The van der Waals surface area contributed by atoms with Gasteiger partial charge in [0.2, 0.25) is 0 Å². The third-order valence-electron chi connectivity index (χ3n) is 7.02. The molecule has 158 valence electrons. The number of piperidine rings is 2. The van der Waals surface area contributed by atoms with Crippen LogP contribution in [0, 0.1) is 0 Å². The number of fused-ring (bicyclic) bond motifs is 1. The number of halogens is 1. The largest absolute Gasteiger partial charge is 0.323 e. The summed E-state index contributed by atoms with van der Waals surface area (Å²) in [4.78, 5) is 14.7. The van der Waals surface area contributed by atoms with E-state index in [0.29, 0.717) is 6.04 Å². The lowest BCUT2D eigenvalue weighted by Gasteiger charge is -2.40. The minimum absolute atomic E-state index is 0.225. The van der Waals surface area contributed by atoms with Crippen molar-refractivity contribution in [1.82, 2.24) is 24.3 Å². The summed E-state index contributed by atoms with van der Waals surface area (Å²) in [6.45, 7) is 2.28. The Bertz CT molecular complexity index is 1020. The van der Waals surface area contributed by atoms with Crippen molar-refractivity contribution in [3.05, 3.63) is 59.1 Å². The first-order chi connectivity index (χ1) is 14.6. The molecular formula is C24H30ClN5. The average molecular weight is 424 g/mol. The summed E-state index contributed by atoms with van der Waals surface area (Å²) in [5, 5.41) is 0.763. The molecule has 2 atom stereocenters. The second kappa shape index (κ2) is 8.29. The lowest BCUT2D eigenvalue weighted by Crippen LogP contribution is -2.37. The molecule has 5 rings (SSSR count). The van der Waals surface area contributed by atoms with Gasteiger partial charge in [-0.3, -0.25) is 9.88 Å². The average Bonchev–Trinajstić information content (AvgIpc) is 3.14. The number of imidazole rings is 1. The van der Waals surface area contributed by atoms with Crippen LogP contribution in [0.4, 0.5) is 0 Å². The summed E-state index contributed by atoms with van der Waals surface area (Å²) in [6, 6.07) is 13.5. The van der Waals surface area contributed by atoms with Crippen LogP contribution < -0.4 is 0 Å². The van der Waals surface area contributed by atoms with Crippen LogP contribution in [0.1, 0.15) is 61.7 Å². The highest BCUT2D eigenvalue weighted by atomic mass is 35.5. The summed E-state index contributed by atoms with van der Waals surface area (Å²) < 4.78 is 2.56. The first kappa shape index (κ1) is 20.0. The molecule has 2 aliphatic heterocycles. The zero-order valence-electron chi connectivity index (χ0n) is 17.8. The molecule has 0 N–H and O–H groups in total. The number of rotatable bonds is 3. The molecule has 5 nitrogen and oxygen atoms in total. The predicted octanol–water partition coefficient (Wildman–Crippen LogP) is 5.25. The van der Waals surface area contributed by atoms with E-state index in [9.17, 15) is 0 Å². The van der Waals surface area contributed by atoms with Gasteiger partial charge in [-0.05, 0) is 83.6 Å². The maximum atomic E-state index is 6.53. The normalized spacial score (nSPS) is 24.5. The van der Waals surface area contributed by atoms with E-state index in [1.807, 2.05) is 18.3 Å². The van der Waals surface area contributed by atoms with Crippen LogP contribution in [-0.2, 0) is 0 Å². The quantitative estimate of drug-likeness (QED) is 0.576. The molecule has 6 heteroatoms. The minimum Gasteiger partial charge on any atom is -0.323 e. The standard InChI is InChI=1S/C24H30ClN5/c1-28-15-12-17(13-16-28)30-20-9-4-3-8-19(20)27-24(30)22-11-5-10-21(29(22)2)23-18(25)7-6-14-26-23/h3-4,6-9,14,17,21-22H,5,10-13,15-16H2,1-2H3/t21-,22+/m0/s1. The van der Waals surface area contributed by atoms with Gasteiger partial charge in [-0.2, -0.15) is 0 Å². The maximum absolute atomic E-state index is 6.53. The van der Waals surface area contributed by atoms with Crippen molar-refractivity contribution in [2.75, 3.05) is 27.2 Å². The van der Waals surface area contributed by atoms with E-state index in [-0.39, 0.29) is 12.1 Å². The van der Waals surface area contributed by atoms with Crippen LogP contribution in [-0.4, -0.2) is 51.5 Å². The van der Waals surface area contributed by atoms with E-state index in [0.717, 1.165) is 48.6 Å². The van der Waals surface area contributed by atoms with Gasteiger partial charge in [-0.15, -0.1) is 0 Å². The Kier molecular flexibility index (Phi) is 5.52. The number of nitrogens with zero attached hydrogens (tertiary/aromatic N) is 5. The van der Waals surface area contributed by atoms with Crippen molar-refractivity contribution in [3.63, 3.8) is 0 Å². The van der Waals surface area contributed by atoms with E-state index >= 15 is 0 Å². The second-order valence-corrected chi connectivity index (χ2v) is 9.27. The Morgan fingerprint density at radius 3 is 2.50 bits per heavy atom. The van der Waals surface area contributed by atoms with Crippen molar-refractivity contribution in [3.8, 4) is 0 Å². The first-order valence-corrected chi connectivity index (χ1v) is 11.5. The molecule has 1 aromatic carbocycles. The molecule has 2 aromatic heterocycles. The van der Waals surface area contributed by atoms with Gasteiger partial charge in [0, 0.05) is 12.2 Å². The van der Waals surface area contributed by atoms with Crippen molar-refractivity contribution in [2.24, 2.45) is 0 Å². The Balaban J connectivity index is 1.55. The number of pyridine rings is 1. The zero-order valence-corrected chi connectivity index (χ0v) is 18.6. The van der Waals surface area contributed by atoms with Crippen LogP contribution in [0.5, 0.6) is 0 Å². The topological polar surface area (TPSA) is 37.2 Å². The molecule has 0 amide bonds. The molecule has 0 bridgehead atoms. The summed E-state index contributed by atoms with van der Waals surface area (Å²) in [6.07, 6.45) is 7.56. The minimum atomic E-state index is 0.225. The van der Waals surface area contributed by atoms with Crippen LogP contribution in [0.25, 0.3) is 11.0 Å². The zero-order chi connectivity index (χ0) is 20.7. The summed E-state index contributed by atoms with van der Waals surface area (Å²) in [7, 11) is 4.44. The Hall–Kier alpha value is -1.95. The van der Waals surface area contributed by atoms with Crippen LogP contribution in [0.3, 0.4) is 0 Å². The number of para-hydroxylation sites is 2. The molecule has 2 aliphatic rings. The molecule has 0 spiro atoms. The highest BCUT2D eigenvalue weighted by Gasteiger charge is 2.36. The summed E-state index contributed by atoms with van der Waals surface area (Å²) >= 11 is 6.53. The fraction of sp³-hybridized carbons (Fsp3) is 0.500. The number of benzene rings is 1. The predicted molar refractivity (Wildman–Crippen MR) is 122 cm³/mol. The van der Waals surface area contributed by atoms with Crippen molar-refractivity contribution >= 4 is 22.6 Å². The van der Waals surface area contributed by atoms with Crippen molar-refractivity contribution < 1.29 is 0 Å². The van der Waals surface area contributed by atoms with Crippen LogP contribution in [0.2, 0.25) is 5.02 Å². The van der Waals surface area contributed by atoms with Gasteiger partial charge >= 0.3 is 0 Å². The van der Waals surface area contributed by atoms with E-state index < -0.39 is 0 Å². The van der Waals surface area contributed by atoms with Gasteiger partial charge < -0.3 is 9.47 Å². The van der Waals surface area contributed by atoms with E-state index in [1.54, 1.807) is 0 Å². The number of hydrogen-bond donors (Lipinski definition) is 0. The van der Waals surface area contributed by atoms with Gasteiger partial charge in [-0.25, -0.2) is 4.98 Å². The molecule has 0 saturated carbocycles. The molecule has 0 unspecified atom stereocenters. The Morgan fingerprint density at radius 2 is 1.70 bits per heavy atom. The van der Waals surface area contributed by atoms with Gasteiger partial charge in [0.25, 0.3) is 0 Å². The molecule has 0 aliphatic carbocycles. The summed E-state index contributed by atoms with van der Waals surface area (Å²) in [5.41, 5.74) is 3.37. The van der Waals surface area contributed by atoms with Crippen LogP contribution >= 0.6 is 11.6 Å². The monoisotopic (exact) mass is 423 g/mol. The van der Waals surface area contributed by atoms with Gasteiger partial charge in [0.1, 0.15) is 5.82 Å². The van der Waals surface area contributed by atoms with E-state index in [4.69, 9.17) is 16.6 Å². The number of likely N-dealkylation sites (tertiary alicyclic amines) is 2. The lowest BCUT2D eigenvalue weighted by molar-refractivity contribution is 0.101. The number of aromatic nitrogens is 3. The molecule has 2 fully saturated rings. The SMILES string of the molecule is CN1CCC(n2c([C@H]3CCC[C@@H](c4ncccc4Cl)N3C)nc3ccccc32)CC1. The van der Waals surface area contributed by atoms with Crippen LogP contribution in [0.15, 0.2) is 42.6 Å². The molecule has 4 heterocycles. The molecule has 2 saturated heterocycles. The fourth-order valence-electron chi connectivity index (χ4n) is 5.35. The Morgan fingerprint density at radius 1 is 0.933 bits per heavy atom. The maximum Gasteiger partial charge on any atom is 0.127 e. The summed E-state index contributed by atoms with van der Waals surface area (Å²) in [5.74, 6) is 1.21. The van der Waals surface area contributed by atoms with Gasteiger partial charge in [0.15, 0.2) is 0 Å². The smallest absolute Gasteiger partial charge is 0.127 e. The highest BCUT2D eigenvalue weighted by molar-refractivity contribution is 6.31. The molecule has 3 aromatic rings.